The van der Waals surface area contributed by atoms with Gasteiger partial charge in [0.05, 0.1) is 11.8 Å². The number of carboxylic acid groups (broad SMARTS) is 1. The molecule has 0 bridgehead atoms. The van der Waals surface area contributed by atoms with E-state index in [1.807, 2.05) is 31.5 Å². The van der Waals surface area contributed by atoms with Crippen LogP contribution in [-0.4, -0.2) is 36.6 Å². The fourth-order valence-corrected chi connectivity index (χ4v) is 3.29. The van der Waals surface area contributed by atoms with Crippen LogP contribution in [0.25, 0.3) is 0 Å². The zero-order valence-corrected chi connectivity index (χ0v) is 12.5. The highest BCUT2D eigenvalue weighted by Crippen LogP contribution is 2.28. The minimum absolute atomic E-state index is 0.00462. The summed E-state index contributed by atoms with van der Waals surface area (Å²) in [6, 6.07) is 0.00462. The summed E-state index contributed by atoms with van der Waals surface area (Å²) in [7, 11) is 0. The number of hydrogen-bond donors (Lipinski definition) is 1. The Morgan fingerprint density at radius 2 is 2.26 bits per heavy atom. The molecule has 2 aromatic rings. The number of nitrogens with zero attached hydrogens (tertiary/aromatic N) is 4. The molecule has 8 heteroatoms. The van der Waals surface area contributed by atoms with Gasteiger partial charge in [-0.3, -0.25) is 9.36 Å². The number of aryl methyl sites for hydroxylation is 2. The Bertz CT molecular complexity index is 593. The molecule has 19 heavy (non-hydrogen) atoms. The van der Waals surface area contributed by atoms with Crippen molar-refractivity contribution in [3.8, 4) is 0 Å². The van der Waals surface area contributed by atoms with Crippen LogP contribution in [0.1, 0.15) is 28.7 Å². The lowest BCUT2D eigenvalue weighted by molar-refractivity contribution is -0.133. The number of rotatable bonds is 5. The van der Waals surface area contributed by atoms with Crippen molar-refractivity contribution in [1.82, 2.24) is 19.7 Å². The van der Waals surface area contributed by atoms with Gasteiger partial charge in [0, 0.05) is 11.1 Å². The van der Waals surface area contributed by atoms with Crippen LogP contribution in [0.15, 0.2) is 11.4 Å². The number of thioether (sulfide) groups is 1. The van der Waals surface area contributed by atoms with E-state index in [1.54, 1.807) is 11.3 Å². The highest BCUT2D eigenvalue weighted by Gasteiger charge is 2.19. The third kappa shape index (κ3) is 3.13. The van der Waals surface area contributed by atoms with Gasteiger partial charge in [-0.1, -0.05) is 11.8 Å². The molecule has 2 rings (SSSR count). The maximum atomic E-state index is 10.6. The van der Waals surface area contributed by atoms with Gasteiger partial charge in [-0.15, -0.1) is 21.5 Å². The fourth-order valence-electron chi connectivity index (χ4n) is 1.70. The Kier molecular flexibility index (Phi) is 4.20. The number of carbonyl (C=O) groups is 1. The van der Waals surface area contributed by atoms with E-state index in [0.29, 0.717) is 5.16 Å². The van der Waals surface area contributed by atoms with E-state index in [0.717, 1.165) is 15.7 Å². The average molecular weight is 298 g/mol. The van der Waals surface area contributed by atoms with Crippen LogP contribution in [0, 0.1) is 13.8 Å². The normalized spacial score (nSPS) is 12.6. The van der Waals surface area contributed by atoms with Gasteiger partial charge in [0.1, 0.15) is 10.8 Å². The Morgan fingerprint density at radius 3 is 2.84 bits per heavy atom. The molecular formula is C11H14N4O2S2. The second kappa shape index (κ2) is 5.70. The smallest absolute Gasteiger partial charge is 0.313 e. The molecular weight excluding hydrogens is 284 g/mol. The SMILES string of the molecule is Cc1cnc(C(C)n2c(C)nnc2SCC(=O)O)s1. The van der Waals surface area contributed by atoms with Crippen molar-refractivity contribution in [3.05, 3.63) is 21.9 Å². The molecule has 6 nitrogen and oxygen atoms in total. The molecule has 0 fully saturated rings. The molecule has 0 aromatic carbocycles. The summed E-state index contributed by atoms with van der Waals surface area (Å²) < 4.78 is 1.92. The molecule has 0 saturated heterocycles. The lowest BCUT2D eigenvalue weighted by Gasteiger charge is -2.14. The summed E-state index contributed by atoms with van der Waals surface area (Å²) in [6.07, 6.45) is 1.83. The predicted molar refractivity (Wildman–Crippen MR) is 73.8 cm³/mol. The van der Waals surface area contributed by atoms with Crippen molar-refractivity contribution >= 4 is 29.1 Å². The first kappa shape index (κ1) is 14.0. The summed E-state index contributed by atoms with van der Waals surface area (Å²) >= 11 is 2.80. The lowest BCUT2D eigenvalue weighted by atomic mass is 10.3. The van der Waals surface area contributed by atoms with Crippen LogP contribution in [-0.2, 0) is 4.79 Å². The number of thiazole rings is 1. The van der Waals surface area contributed by atoms with Crippen molar-refractivity contribution in [2.24, 2.45) is 0 Å². The van der Waals surface area contributed by atoms with Gasteiger partial charge >= 0.3 is 5.97 Å². The number of hydrogen-bond acceptors (Lipinski definition) is 6. The van der Waals surface area contributed by atoms with E-state index in [2.05, 4.69) is 15.2 Å². The molecule has 0 radical (unpaired) electrons. The van der Waals surface area contributed by atoms with Gasteiger partial charge in [0.15, 0.2) is 5.16 Å². The molecule has 0 amide bonds. The van der Waals surface area contributed by atoms with Crippen LogP contribution < -0.4 is 0 Å². The number of carboxylic acids is 1. The Morgan fingerprint density at radius 1 is 1.53 bits per heavy atom. The van der Waals surface area contributed by atoms with E-state index in [9.17, 15) is 4.79 Å². The first-order chi connectivity index (χ1) is 8.99. The minimum Gasteiger partial charge on any atom is -0.481 e. The Balaban J connectivity index is 2.27. The van der Waals surface area contributed by atoms with Crippen molar-refractivity contribution in [2.75, 3.05) is 5.75 Å². The van der Waals surface area contributed by atoms with Crippen LogP contribution in [0.5, 0.6) is 0 Å². The zero-order chi connectivity index (χ0) is 14.0. The fraction of sp³-hybridized carbons (Fsp3) is 0.455. The van der Waals surface area contributed by atoms with E-state index in [1.165, 1.54) is 11.8 Å². The van der Waals surface area contributed by atoms with Gasteiger partial charge < -0.3 is 5.11 Å². The van der Waals surface area contributed by atoms with Crippen molar-refractivity contribution in [1.29, 1.82) is 0 Å². The Labute approximate surface area is 118 Å². The van der Waals surface area contributed by atoms with Crippen LogP contribution in [0.4, 0.5) is 0 Å². The maximum absolute atomic E-state index is 10.6. The lowest BCUT2D eigenvalue weighted by Crippen LogP contribution is -2.10. The van der Waals surface area contributed by atoms with Crippen molar-refractivity contribution in [2.45, 2.75) is 32.0 Å². The summed E-state index contributed by atoms with van der Waals surface area (Å²) in [5.74, 6) is -0.134. The Hall–Kier alpha value is -1.41. The van der Waals surface area contributed by atoms with Gasteiger partial charge in [-0.2, -0.15) is 0 Å². The van der Waals surface area contributed by atoms with Crippen LogP contribution in [0.2, 0.25) is 0 Å². The van der Waals surface area contributed by atoms with E-state index in [-0.39, 0.29) is 11.8 Å². The molecule has 1 unspecified atom stereocenters. The maximum Gasteiger partial charge on any atom is 0.313 e. The average Bonchev–Trinajstić information content (AvgIpc) is 2.92. The third-order valence-corrected chi connectivity index (χ3v) is 4.55. The molecule has 102 valence electrons. The standard InChI is InChI=1S/C11H14N4O2S2/c1-6-4-12-10(19-6)7(2)15-8(3)13-14-11(15)18-5-9(16)17/h4,7H,5H2,1-3H3,(H,16,17). The summed E-state index contributed by atoms with van der Waals surface area (Å²) in [5, 5.41) is 18.4. The van der Waals surface area contributed by atoms with Gasteiger partial charge in [-0.05, 0) is 20.8 Å². The van der Waals surface area contributed by atoms with Gasteiger partial charge in [0.25, 0.3) is 0 Å². The first-order valence-corrected chi connectivity index (χ1v) is 7.47. The molecule has 0 aliphatic heterocycles. The highest BCUT2D eigenvalue weighted by molar-refractivity contribution is 7.99. The van der Waals surface area contributed by atoms with Crippen molar-refractivity contribution < 1.29 is 9.90 Å². The third-order valence-electron chi connectivity index (χ3n) is 2.54. The van der Waals surface area contributed by atoms with Crippen molar-refractivity contribution in [3.63, 3.8) is 0 Å². The van der Waals surface area contributed by atoms with Gasteiger partial charge in [0.2, 0.25) is 0 Å². The monoisotopic (exact) mass is 298 g/mol. The second-order valence-corrected chi connectivity index (χ2v) is 6.28. The quantitative estimate of drug-likeness (QED) is 0.852. The molecule has 2 aromatic heterocycles. The van der Waals surface area contributed by atoms with Gasteiger partial charge in [-0.25, -0.2) is 4.98 Å². The summed E-state index contributed by atoms with van der Waals surface area (Å²) in [4.78, 5) is 16.2. The molecule has 1 N–H and O–H groups in total. The molecule has 1 atom stereocenters. The summed E-state index contributed by atoms with van der Waals surface area (Å²) in [6.45, 7) is 5.88. The van der Waals surface area contributed by atoms with E-state index in [4.69, 9.17) is 5.11 Å². The van der Waals surface area contributed by atoms with E-state index < -0.39 is 5.97 Å². The van der Waals surface area contributed by atoms with Crippen LogP contribution in [0.3, 0.4) is 0 Å². The predicted octanol–water partition coefficient (Wildman–Crippen LogP) is 2.14. The van der Waals surface area contributed by atoms with E-state index >= 15 is 0 Å². The van der Waals surface area contributed by atoms with Crippen LogP contribution >= 0.6 is 23.1 Å². The topological polar surface area (TPSA) is 80.9 Å². The molecule has 0 spiro atoms. The zero-order valence-electron chi connectivity index (χ0n) is 10.8. The largest absolute Gasteiger partial charge is 0.481 e. The second-order valence-electron chi connectivity index (χ2n) is 4.07. The summed E-state index contributed by atoms with van der Waals surface area (Å²) in [5.41, 5.74) is 0. The minimum atomic E-state index is -0.866. The molecule has 0 aliphatic carbocycles. The number of aliphatic carboxylic acids is 1. The highest BCUT2D eigenvalue weighted by atomic mass is 32.2. The molecule has 0 aliphatic rings. The first-order valence-electron chi connectivity index (χ1n) is 5.67. The molecule has 2 heterocycles. The molecule has 0 saturated carbocycles. The number of aromatic nitrogens is 4.